The smallest absolute Gasteiger partial charge is 0.233 e. The number of rotatable bonds is 5. The van der Waals surface area contributed by atoms with Crippen LogP contribution in [0.25, 0.3) is 5.52 Å². The Balaban J connectivity index is 1.37. The van der Waals surface area contributed by atoms with Gasteiger partial charge in [-0.05, 0) is 63.0 Å². The van der Waals surface area contributed by atoms with Gasteiger partial charge in [0.25, 0.3) is 0 Å². The summed E-state index contributed by atoms with van der Waals surface area (Å²) in [5.41, 5.74) is 1.06. The topological polar surface area (TPSA) is 46.4 Å². The van der Waals surface area contributed by atoms with Crippen molar-refractivity contribution >= 4 is 23.2 Å². The lowest BCUT2D eigenvalue weighted by molar-refractivity contribution is -0.121. The summed E-state index contributed by atoms with van der Waals surface area (Å²) in [6.07, 6.45) is 9.30. The Morgan fingerprint density at radius 3 is 2.96 bits per heavy atom. The van der Waals surface area contributed by atoms with Gasteiger partial charge in [0.1, 0.15) is 0 Å². The molecule has 0 spiro atoms. The molecule has 2 aromatic rings. The maximum atomic E-state index is 12.6. The van der Waals surface area contributed by atoms with Crippen LogP contribution in [0.2, 0.25) is 0 Å². The van der Waals surface area contributed by atoms with Gasteiger partial charge in [-0.3, -0.25) is 9.20 Å². The summed E-state index contributed by atoms with van der Waals surface area (Å²) in [5.74, 6) is 2.56. The van der Waals surface area contributed by atoms with Crippen LogP contribution < -0.4 is 5.32 Å². The van der Waals surface area contributed by atoms with Gasteiger partial charge in [0, 0.05) is 12.2 Å². The van der Waals surface area contributed by atoms with Crippen LogP contribution in [-0.2, 0) is 4.79 Å². The molecule has 2 aliphatic carbocycles. The highest BCUT2D eigenvalue weighted by atomic mass is 32.2. The number of carbonyl (C=O) groups excluding carboxylic acids is 1. The van der Waals surface area contributed by atoms with Gasteiger partial charge in [-0.1, -0.05) is 24.2 Å². The number of hydrogen-bond donors (Lipinski definition) is 1. The number of nitrogens with zero attached hydrogens (tertiary/aromatic N) is 2. The van der Waals surface area contributed by atoms with Gasteiger partial charge >= 0.3 is 0 Å². The van der Waals surface area contributed by atoms with Crippen molar-refractivity contribution in [3.05, 3.63) is 30.6 Å². The van der Waals surface area contributed by atoms with Crippen LogP contribution in [0.15, 0.2) is 35.7 Å². The highest BCUT2D eigenvalue weighted by Gasteiger charge is 2.42. The fourth-order valence-corrected chi connectivity index (χ4v) is 5.46. The second kappa shape index (κ2) is 6.43. The molecular formula is C19H25N3OS. The van der Waals surface area contributed by atoms with E-state index in [2.05, 4.69) is 17.2 Å². The van der Waals surface area contributed by atoms with E-state index in [-0.39, 0.29) is 17.2 Å². The lowest BCUT2D eigenvalue weighted by Gasteiger charge is -2.29. The van der Waals surface area contributed by atoms with Crippen molar-refractivity contribution in [2.45, 2.75) is 56.0 Å². The maximum Gasteiger partial charge on any atom is 0.233 e. The van der Waals surface area contributed by atoms with Crippen LogP contribution in [0.3, 0.4) is 0 Å². The molecule has 24 heavy (non-hydrogen) atoms. The minimum absolute atomic E-state index is 0.128. The highest BCUT2D eigenvalue weighted by Crippen LogP contribution is 2.49. The zero-order chi connectivity index (χ0) is 16.7. The van der Waals surface area contributed by atoms with Crippen molar-refractivity contribution in [1.82, 2.24) is 14.7 Å². The van der Waals surface area contributed by atoms with E-state index in [1.165, 1.54) is 37.4 Å². The first kappa shape index (κ1) is 16.0. The zero-order valence-electron chi connectivity index (χ0n) is 14.3. The van der Waals surface area contributed by atoms with Crippen LogP contribution in [0.4, 0.5) is 0 Å². The number of fused-ring (bicyclic) bond motifs is 3. The third-order valence-corrected chi connectivity index (χ3v) is 6.94. The van der Waals surface area contributed by atoms with E-state index in [0.29, 0.717) is 5.92 Å². The molecule has 1 amide bonds. The molecule has 0 aromatic carbocycles. The molecule has 0 aliphatic heterocycles. The first-order valence-corrected chi connectivity index (χ1v) is 9.89. The van der Waals surface area contributed by atoms with Gasteiger partial charge in [0.05, 0.1) is 17.0 Å². The second-order valence-corrected chi connectivity index (χ2v) is 8.74. The number of hydrogen-bond acceptors (Lipinski definition) is 3. The monoisotopic (exact) mass is 343 g/mol. The van der Waals surface area contributed by atoms with Crippen LogP contribution in [0.1, 0.15) is 39.5 Å². The molecule has 0 saturated heterocycles. The largest absolute Gasteiger partial charge is 0.352 e. The van der Waals surface area contributed by atoms with E-state index < -0.39 is 0 Å². The molecule has 0 unspecified atom stereocenters. The average Bonchev–Trinajstić information content (AvgIpc) is 3.30. The van der Waals surface area contributed by atoms with Crippen molar-refractivity contribution < 1.29 is 4.79 Å². The molecule has 1 N–H and O–H groups in total. The van der Waals surface area contributed by atoms with E-state index in [0.717, 1.165) is 22.5 Å². The molecule has 5 atom stereocenters. The van der Waals surface area contributed by atoms with Crippen molar-refractivity contribution in [2.75, 3.05) is 0 Å². The van der Waals surface area contributed by atoms with E-state index >= 15 is 0 Å². The Bertz CT molecular complexity index is 743. The van der Waals surface area contributed by atoms with Crippen LogP contribution in [0, 0.1) is 17.8 Å². The second-order valence-electron chi connectivity index (χ2n) is 7.43. The summed E-state index contributed by atoms with van der Waals surface area (Å²) in [7, 11) is 0. The minimum Gasteiger partial charge on any atom is -0.352 e. The fraction of sp³-hybridized carbons (Fsp3) is 0.579. The Morgan fingerprint density at radius 1 is 1.33 bits per heavy atom. The predicted molar refractivity (Wildman–Crippen MR) is 97.1 cm³/mol. The van der Waals surface area contributed by atoms with E-state index in [9.17, 15) is 4.79 Å². The number of thioether (sulfide) groups is 1. The molecule has 128 valence electrons. The number of nitrogens with one attached hydrogen (secondary N) is 1. The van der Waals surface area contributed by atoms with Crippen molar-refractivity contribution in [2.24, 2.45) is 17.8 Å². The van der Waals surface area contributed by atoms with Gasteiger partial charge in [0.2, 0.25) is 5.91 Å². The lowest BCUT2D eigenvalue weighted by Crippen LogP contribution is -2.43. The summed E-state index contributed by atoms with van der Waals surface area (Å²) in [5, 5.41) is 4.00. The highest BCUT2D eigenvalue weighted by molar-refractivity contribution is 8.00. The van der Waals surface area contributed by atoms with Gasteiger partial charge in [0.15, 0.2) is 5.16 Å². The van der Waals surface area contributed by atoms with Crippen molar-refractivity contribution in [3.63, 3.8) is 0 Å². The van der Waals surface area contributed by atoms with Crippen LogP contribution in [-0.4, -0.2) is 26.6 Å². The molecule has 0 radical (unpaired) electrons. The number of amides is 1. The quantitative estimate of drug-likeness (QED) is 0.841. The summed E-state index contributed by atoms with van der Waals surface area (Å²) in [4.78, 5) is 17.1. The average molecular weight is 343 g/mol. The molecular weight excluding hydrogens is 318 g/mol. The summed E-state index contributed by atoms with van der Waals surface area (Å²) >= 11 is 1.53. The molecule has 2 aliphatic rings. The molecule has 2 heterocycles. The van der Waals surface area contributed by atoms with Gasteiger partial charge < -0.3 is 5.32 Å². The first-order valence-electron chi connectivity index (χ1n) is 9.01. The fourth-order valence-electron chi connectivity index (χ4n) is 4.57. The molecule has 2 bridgehead atoms. The normalized spacial score (nSPS) is 28.2. The Kier molecular flexibility index (Phi) is 4.29. The van der Waals surface area contributed by atoms with Crippen LogP contribution in [0.5, 0.6) is 0 Å². The van der Waals surface area contributed by atoms with E-state index in [1.54, 1.807) is 0 Å². The third-order valence-electron chi connectivity index (χ3n) is 5.86. The molecule has 2 aromatic heterocycles. The van der Waals surface area contributed by atoms with Crippen molar-refractivity contribution in [1.29, 1.82) is 0 Å². The van der Waals surface area contributed by atoms with E-state index in [1.807, 2.05) is 41.9 Å². The number of imidazole rings is 1. The van der Waals surface area contributed by atoms with Gasteiger partial charge in [-0.25, -0.2) is 4.98 Å². The Labute approximate surface area is 147 Å². The molecule has 4 nitrogen and oxygen atoms in total. The standard InChI is InChI=1S/C19H25N3OS/c1-12(17-10-14-6-7-15(17)9-14)21-18(23)13(2)24-19-20-11-16-5-3-4-8-22(16)19/h3-5,8,11-15,17H,6-7,9-10H2,1-2H3,(H,21,23)/t12-,13-,14-,15-,17+/m0/s1. The zero-order valence-corrected chi connectivity index (χ0v) is 15.1. The van der Waals surface area contributed by atoms with E-state index in [4.69, 9.17) is 0 Å². The number of aromatic nitrogens is 2. The molecule has 2 fully saturated rings. The maximum absolute atomic E-state index is 12.6. The van der Waals surface area contributed by atoms with Crippen LogP contribution >= 0.6 is 11.8 Å². The summed E-state index contributed by atoms with van der Waals surface area (Å²) < 4.78 is 2.04. The molecule has 5 heteroatoms. The third kappa shape index (κ3) is 2.94. The molecule has 2 saturated carbocycles. The lowest BCUT2D eigenvalue weighted by atomic mass is 9.84. The number of pyridine rings is 1. The van der Waals surface area contributed by atoms with Crippen molar-refractivity contribution in [3.8, 4) is 0 Å². The molecule has 4 rings (SSSR count). The minimum atomic E-state index is -0.142. The predicted octanol–water partition coefficient (Wildman–Crippen LogP) is 3.76. The Hall–Kier alpha value is -1.49. The summed E-state index contributed by atoms with van der Waals surface area (Å²) in [6.45, 7) is 4.16. The SMILES string of the molecule is C[C@H](Sc1ncc2ccccn12)C(=O)N[C@@H](C)[C@H]1C[C@H]2CC[C@H]1C2. The Morgan fingerprint density at radius 2 is 2.21 bits per heavy atom. The summed E-state index contributed by atoms with van der Waals surface area (Å²) in [6, 6.07) is 6.30. The number of carbonyl (C=O) groups is 1. The first-order chi connectivity index (χ1) is 11.6. The van der Waals surface area contributed by atoms with Gasteiger partial charge in [-0.2, -0.15) is 0 Å². The van der Waals surface area contributed by atoms with Gasteiger partial charge in [-0.15, -0.1) is 0 Å².